The number of hydrogen-bond acceptors (Lipinski definition) is 3. The summed E-state index contributed by atoms with van der Waals surface area (Å²) in [7, 11) is 0. The molecule has 3 N–H and O–H groups in total. The zero-order valence-corrected chi connectivity index (χ0v) is 14.4. The summed E-state index contributed by atoms with van der Waals surface area (Å²) < 4.78 is 42.0. The Morgan fingerprint density at radius 3 is 2.58 bits per heavy atom. The van der Waals surface area contributed by atoms with E-state index in [-0.39, 0.29) is 24.6 Å². The number of amides is 1. The van der Waals surface area contributed by atoms with Gasteiger partial charge in [-0.15, -0.1) is 0 Å². The van der Waals surface area contributed by atoms with Gasteiger partial charge in [-0.25, -0.2) is 0 Å². The Morgan fingerprint density at radius 1 is 1.15 bits per heavy atom. The number of para-hydroxylation sites is 1. The van der Waals surface area contributed by atoms with Crippen LogP contribution in [0.3, 0.4) is 0 Å². The zero-order valence-electron chi connectivity index (χ0n) is 14.4. The molecular weight excluding hydrogens is 345 g/mol. The van der Waals surface area contributed by atoms with Crippen LogP contribution >= 0.6 is 0 Å². The lowest BCUT2D eigenvalue weighted by Crippen LogP contribution is -2.24. The van der Waals surface area contributed by atoms with Crippen molar-refractivity contribution in [2.24, 2.45) is 0 Å². The Kier molecular flexibility index (Phi) is 6.49. The van der Waals surface area contributed by atoms with E-state index in [1.807, 2.05) is 18.2 Å². The van der Waals surface area contributed by atoms with E-state index < -0.39 is 12.8 Å². The van der Waals surface area contributed by atoms with Crippen LogP contribution in [0.1, 0.15) is 23.1 Å². The summed E-state index contributed by atoms with van der Waals surface area (Å²) in [5, 5.41) is 2.70. The molecule has 0 heterocycles. The summed E-state index contributed by atoms with van der Waals surface area (Å²) in [5.74, 6) is -0.0921. The molecule has 7 heteroatoms. The maximum atomic E-state index is 12.4. The number of hydrogen-bond donors (Lipinski definition) is 2. The second kappa shape index (κ2) is 8.60. The molecule has 0 radical (unpaired) electrons. The predicted molar refractivity (Wildman–Crippen MR) is 93.8 cm³/mol. The molecule has 2 aromatic carbocycles. The number of carbonyl (C=O) groups excluding carboxylic acids is 1. The van der Waals surface area contributed by atoms with Crippen molar-refractivity contribution in [3.8, 4) is 5.75 Å². The van der Waals surface area contributed by atoms with Gasteiger partial charge in [0, 0.05) is 24.2 Å². The monoisotopic (exact) mass is 366 g/mol. The molecule has 0 aliphatic carbocycles. The molecule has 0 saturated heterocycles. The molecule has 0 unspecified atom stereocenters. The molecule has 0 aliphatic rings. The first-order chi connectivity index (χ1) is 12.2. The Balaban J connectivity index is 1.91. The molecule has 0 saturated carbocycles. The third-order valence-electron chi connectivity index (χ3n) is 3.77. The normalized spacial score (nSPS) is 11.2. The Hall–Kier alpha value is -2.70. The van der Waals surface area contributed by atoms with Gasteiger partial charge in [-0.05, 0) is 36.6 Å². The Bertz CT molecular complexity index is 761. The first kappa shape index (κ1) is 19.6. The van der Waals surface area contributed by atoms with Gasteiger partial charge < -0.3 is 15.8 Å². The fourth-order valence-electron chi connectivity index (χ4n) is 2.39. The highest BCUT2D eigenvalue weighted by molar-refractivity contribution is 5.76. The molecule has 0 aliphatic heterocycles. The molecule has 0 aromatic heterocycles. The SMILES string of the molecule is Cc1ccc(CNC(=O)CCc2ccccc2N)c(OCC(F)(F)F)c1. The number of nitrogen functional groups attached to an aromatic ring is 1. The van der Waals surface area contributed by atoms with Gasteiger partial charge in [-0.3, -0.25) is 4.79 Å². The van der Waals surface area contributed by atoms with E-state index in [4.69, 9.17) is 10.5 Å². The van der Waals surface area contributed by atoms with Gasteiger partial charge >= 0.3 is 6.18 Å². The molecular formula is C19H21F3N2O2. The molecule has 0 atom stereocenters. The van der Waals surface area contributed by atoms with Gasteiger partial charge in [-0.1, -0.05) is 30.3 Å². The molecule has 2 rings (SSSR count). The summed E-state index contributed by atoms with van der Waals surface area (Å²) in [5.41, 5.74) is 8.61. The molecule has 2 aromatic rings. The standard InChI is InChI=1S/C19H21F3N2O2/c1-13-6-7-15(17(10-13)26-12-19(20,21)22)11-24-18(25)9-8-14-4-2-3-5-16(14)23/h2-7,10H,8-9,11-12,23H2,1H3,(H,24,25). The summed E-state index contributed by atoms with van der Waals surface area (Å²) in [6.45, 7) is 0.480. The third kappa shape index (κ3) is 6.31. The zero-order chi connectivity index (χ0) is 19.2. The number of alkyl halides is 3. The van der Waals surface area contributed by atoms with Gasteiger partial charge in [0.1, 0.15) is 5.75 Å². The van der Waals surface area contributed by atoms with Gasteiger partial charge in [0.25, 0.3) is 0 Å². The topological polar surface area (TPSA) is 64.4 Å². The van der Waals surface area contributed by atoms with Crippen molar-refractivity contribution < 1.29 is 22.7 Å². The summed E-state index contributed by atoms with van der Waals surface area (Å²) in [6.07, 6.45) is -3.69. The minimum atomic E-state index is -4.42. The number of ether oxygens (including phenoxy) is 1. The van der Waals surface area contributed by atoms with Crippen molar-refractivity contribution in [2.45, 2.75) is 32.5 Å². The van der Waals surface area contributed by atoms with Crippen LogP contribution in [0.15, 0.2) is 42.5 Å². The summed E-state index contributed by atoms with van der Waals surface area (Å²) in [4.78, 5) is 12.0. The lowest BCUT2D eigenvalue weighted by Gasteiger charge is -2.14. The molecule has 1 amide bonds. The highest BCUT2D eigenvalue weighted by Crippen LogP contribution is 2.23. The lowest BCUT2D eigenvalue weighted by atomic mass is 10.1. The maximum absolute atomic E-state index is 12.4. The van der Waals surface area contributed by atoms with E-state index >= 15 is 0 Å². The fraction of sp³-hybridized carbons (Fsp3) is 0.316. The van der Waals surface area contributed by atoms with Crippen LogP contribution in [0.5, 0.6) is 5.75 Å². The highest BCUT2D eigenvalue weighted by Gasteiger charge is 2.28. The predicted octanol–water partition coefficient (Wildman–Crippen LogP) is 3.77. The van der Waals surface area contributed by atoms with Crippen molar-refractivity contribution in [3.05, 3.63) is 59.2 Å². The first-order valence-corrected chi connectivity index (χ1v) is 8.14. The second-order valence-electron chi connectivity index (χ2n) is 5.99. The largest absolute Gasteiger partial charge is 0.484 e. The second-order valence-corrected chi connectivity index (χ2v) is 5.99. The minimum Gasteiger partial charge on any atom is -0.484 e. The molecule has 4 nitrogen and oxygen atoms in total. The Labute approximate surface area is 150 Å². The van der Waals surface area contributed by atoms with Crippen LogP contribution in [-0.4, -0.2) is 18.7 Å². The smallest absolute Gasteiger partial charge is 0.422 e. The lowest BCUT2D eigenvalue weighted by molar-refractivity contribution is -0.153. The average molecular weight is 366 g/mol. The van der Waals surface area contributed by atoms with Crippen molar-refractivity contribution in [1.29, 1.82) is 0 Å². The number of nitrogens with one attached hydrogen (secondary N) is 1. The third-order valence-corrected chi connectivity index (χ3v) is 3.77. The summed E-state index contributed by atoms with van der Waals surface area (Å²) >= 11 is 0. The van der Waals surface area contributed by atoms with Crippen LogP contribution in [0.2, 0.25) is 0 Å². The maximum Gasteiger partial charge on any atom is 0.422 e. The van der Waals surface area contributed by atoms with Gasteiger partial charge in [0.2, 0.25) is 5.91 Å². The van der Waals surface area contributed by atoms with Gasteiger partial charge in [-0.2, -0.15) is 13.2 Å². The fourth-order valence-corrected chi connectivity index (χ4v) is 2.39. The van der Waals surface area contributed by atoms with Crippen molar-refractivity contribution in [1.82, 2.24) is 5.32 Å². The minimum absolute atomic E-state index is 0.0938. The van der Waals surface area contributed by atoms with E-state index in [1.54, 1.807) is 25.1 Å². The van der Waals surface area contributed by atoms with E-state index in [0.29, 0.717) is 17.7 Å². The average Bonchev–Trinajstić information content (AvgIpc) is 2.57. The Morgan fingerprint density at radius 2 is 1.88 bits per heavy atom. The number of anilines is 1. The number of aryl methyl sites for hydroxylation is 2. The molecule has 0 fully saturated rings. The van der Waals surface area contributed by atoms with Crippen LogP contribution < -0.4 is 15.8 Å². The number of nitrogens with two attached hydrogens (primary N) is 1. The van der Waals surface area contributed by atoms with Crippen molar-refractivity contribution in [2.75, 3.05) is 12.3 Å². The van der Waals surface area contributed by atoms with Gasteiger partial charge in [0.15, 0.2) is 6.61 Å². The van der Waals surface area contributed by atoms with E-state index in [2.05, 4.69) is 5.32 Å². The van der Waals surface area contributed by atoms with Crippen molar-refractivity contribution >= 4 is 11.6 Å². The van der Waals surface area contributed by atoms with E-state index in [1.165, 1.54) is 6.07 Å². The summed E-state index contributed by atoms with van der Waals surface area (Å²) in [6, 6.07) is 12.2. The molecule has 26 heavy (non-hydrogen) atoms. The van der Waals surface area contributed by atoms with Crippen LogP contribution in [0.25, 0.3) is 0 Å². The van der Waals surface area contributed by atoms with Crippen LogP contribution in [0.4, 0.5) is 18.9 Å². The van der Waals surface area contributed by atoms with Crippen LogP contribution in [-0.2, 0) is 17.8 Å². The number of rotatable bonds is 7. The molecule has 0 bridgehead atoms. The van der Waals surface area contributed by atoms with E-state index in [0.717, 1.165) is 11.1 Å². The van der Waals surface area contributed by atoms with Gasteiger partial charge in [0.05, 0.1) is 0 Å². The number of halogens is 3. The quantitative estimate of drug-likeness (QED) is 0.733. The van der Waals surface area contributed by atoms with Crippen molar-refractivity contribution in [3.63, 3.8) is 0 Å². The van der Waals surface area contributed by atoms with E-state index in [9.17, 15) is 18.0 Å². The highest BCUT2D eigenvalue weighted by atomic mass is 19.4. The molecule has 0 spiro atoms. The number of carbonyl (C=O) groups is 1. The van der Waals surface area contributed by atoms with Crippen LogP contribution in [0, 0.1) is 6.92 Å². The molecule has 140 valence electrons. The number of benzene rings is 2. The first-order valence-electron chi connectivity index (χ1n) is 8.14.